The molecule has 22 heavy (non-hydrogen) atoms. The van der Waals surface area contributed by atoms with Crippen LogP contribution in [-0.2, 0) is 9.59 Å². The predicted octanol–water partition coefficient (Wildman–Crippen LogP) is -0.533. The summed E-state index contributed by atoms with van der Waals surface area (Å²) in [4.78, 5) is 46.7. The quantitative estimate of drug-likeness (QED) is 0.712. The minimum atomic E-state index is -1.27. The molecule has 9 heteroatoms. The van der Waals surface area contributed by atoms with E-state index in [0.29, 0.717) is 0 Å². The first-order chi connectivity index (χ1) is 10.5. The van der Waals surface area contributed by atoms with Crippen molar-refractivity contribution in [3.05, 3.63) is 34.1 Å². The average Bonchev–Trinajstić information content (AvgIpc) is 2.48. The highest BCUT2D eigenvalue weighted by atomic mass is 16.4. The molecule has 2 heterocycles. The summed E-state index contributed by atoms with van der Waals surface area (Å²) in [6.45, 7) is 0. The van der Waals surface area contributed by atoms with Crippen LogP contribution < -0.4 is 10.9 Å². The van der Waals surface area contributed by atoms with E-state index in [1.807, 2.05) is 0 Å². The highest BCUT2D eigenvalue weighted by molar-refractivity contribution is 6.02. The molecule has 1 aromatic carbocycles. The molecule has 1 aliphatic rings. The van der Waals surface area contributed by atoms with Gasteiger partial charge >= 0.3 is 5.97 Å². The molecule has 1 atom stereocenters. The van der Waals surface area contributed by atoms with Crippen molar-refractivity contribution >= 4 is 28.7 Å². The predicted molar refractivity (Wildman–Crippen MR) is 72.2 cm³/mol. The largest absolute Gasteiger partial charge is 0.478 e. The zero-order valence-electron chi connectivity index (χ0n) is 11.1. The van der Waals surface area contributed by atoms with Gasteiger partial charge in [0.25, 0.3) is 11.5 Å². The van der Waals surface area contributed by atoms with Crippen LogP contribution in [0.1, 0.15) is 29.2 Å². The normalized spacial score (nSPS) is 18.3. The molecule has 0 aliphatic carbocycles. The molecule has 0 spiro atoms. The molecule has 2 aromatic rings. The highest BCUT2D eigenvalue weighted by Gasteiger charge is 2.30. The Hall–Kier alpha value is -3.10. The minimum Gasteiger partial charge on any atom is -0.478 e. The Morgan fingerprint density at radius 1 is 1.32 bits per heavy atom. The van der Waals surface area contributed by atoms with Crippen LogP contribution in [0.5, 0.6) is 0 Å². The molecule has 2 amide bonds. The molecule has 9 nitrogen and oxygen atoms in total. The molecule has 0 saturated carbocycles. The van der Waals surface area contributed by atoms with Crippen LogP contribution in [0.4, 0.5) is 0 Å². The number of nitrogens with zero attached hydrogens (tertiary/aromatic N) is 3. The molecule has 0 bridgehead atoms. The van der Waals surface area contributed by atoms with Gasteiger partial charge in [-0.1, -0.05) is 11.3 Å². The third-order valence-corrected chi connectivity index (χ3v) is 3.45. The van der Waals surface area contributed by atoms with Crippen molar-refractivity contribution in [3.8, 4) is 0 Å². The fourth-order valence-electron chi connectivity index (χ4n) is 2.40. The van der Waals surface area contributed by atoms with E-state index >= 15 is 0 Å². The van der Waals surface area contributed by atoms with Gasteiger partial charge in [-0.15, -0.1) is 5.10 Å². The number of carboxylic acids is 1. The van der Waals surface area contributed by atoms with E-state index < -0.39 is 29.4 Å². The fraction of sp³-hybridized carbons (Fsp3) is 0.231. The Kier molecular flexibility index (Phi) is 3.17. The first-order valence-electron chi connectivity index (χ1n) is 6.44. The van der Waals surface area contributed by atoms with Gasteiger partial charge in [-0.05, 0) is 18.6 Å². The number of piperidine rings is 1. The Morgan fingerprint density at radius 2 is 2.09 bits per heavy atom. The number of fused-ring (bicyclic) bond motifs is 1. The lowest BCUT2D eigenvalue weighted by Gasteiger charge is -2.21. The van der Waals surface area contributed by atoms with E-state index in [-0.39, 0.29) is 29.3 Å². The lowest BCUT2D eigenvalue weighted by molar-refractivity contribution is -0.136. The molecule has 2 N–H and O–H groups in total. The van der Waals surface area contributed by atoms with Crippen LogP contribution in [0.15, 0.2) is 23.0 Å². The van der Waals surface area contributed by atoms with Crippen LogP contribution in [0.25, 0.3) is 10.9 Å². The van der Waals surface area contributed by atoms with Crippen LogP contribution in [0.2, 0.25) is 0 Å². The van der Waals surface area contributed by atoms with Gasteiger partial charge in [0.05, 0.1) is 10.9 Å². The lowest BCUT2D eigenvalue weighted by atomic mass is 10.1. The number of amides is 2. The number of imide groups is 1. The first kappa shape index (κ1) is 13.9. The van der Waals surface area contributed by atoms with Gasteiger partial charge in [0.1, 0.15) is 11.6 Å². The Labute approximate surface area is 122 Å². The van der Waals surface area contributed by atoms with Crippen LogP contribution in [0.3, 0.4) is 0 Å². The molecule has 1 fully saturated rings. The average molecular weight is 302 g/mol. The van der Waals surface area contributed by atoms with Crippen molar-refractivity contribution in [1.82, 2.24) is 20.3 Å². The summed E-state index contributed by atoms with van der Waals surface area (Å²) in [5.74, 6) is -2.35. The van der Waals surface area contributed by atoms with Crippen LogP contribution >= 0.6 is 0 Å². The maximum absolute atomic E-state index is 12.5. The van der Waals surface area contributed by atoms with Crippen molar-refractivity contribution in [1.29, 1.82) is 0 Å². The molecular formula is C13H10N4O5. The number of benzene rings is 1. The molecule has 1 unspecified atom stereocenters. The van der Waals surface area contributed by atoms with E-state index in [0.717, 1.165) is 4.68 Å². The minimum absolute atomic E-state index is 0.0726. The number of aromatic nitrogens is 3. The summed E-state index contributed by atoms with van der Waals surface area (Å²) in [6, 6.07) is 3.22. The zero-order chi connectivity index (χ0) is 15.9. The molecule has 1 aliphatic heterocycles. The van der Waals surface area contributed by atoms with E-state index in [4.69, 9.17) is 0 Å². The molecule has 3 rings (SSSR count). The van der Waals surface area contributed by atoms with Gasteiger partial charge in [0.15, 0.2) is 0 Å². The lowest BCUT2D eigenvalue weighted by Crippen LogP contribution is -2.45. The Balaban J connectivity index is 2.20. The third-order valence-electron chi connectivity index (χ3n) is 3.45. The maximum Gasteiger partial charge on any atom is 0.336 e. The number of nitrogens with one attached hydrogen (secondary N) is 1. The number of carbonyl (C=O) groups excluding carboxylic acids is 2. The molecule has 0 radical (unpaired) electrons. The number of aromatic carboxylic acids is 1. The summed E-state index contributed by atoms with van der Waals surface area (Å²) < 4.78 is 0.830. The van der Waals surface area contributed by atoms with Gasteiger partial charge < -0.3 is 5.11 Å². The molecule has 1 aromatic heterocycles. The SMILES string of the molecule is O=C1CCC(n2nnc3cccc(C(=O)O)c3c2=O)C(=O)N1. The summed E-state index contributed by atoms with van der Waals surface area (Å²) in [5.41, 5.74) is -0.801. The number of carboxylic acid groups (broad SMARTS) is 1. The van der Waals surface area contributed by atoms with Gasteiger partial charge in [0.2, 0.25) is 5.91 Å². The standard InChI is InChI=1S/C13H10N4O5/c18-9-5-4-8(11(19)14-9)17-12(20)10-6(13(21)22)2-1-3-7(10)15-16-17/h1-3,8H,4-5H2,(H,21,22)(H,14,18,19). The summed E-state index contributed by atoms with van der Waals surface area (Å²) >= 11 is 0. The summed E-state index contributed by atoms with van der Waals surface area (Å²) in [6.07, 6.45) is 0.184. The van der Waals surface area contributed by atoms with Gasteiger partial charge in [-0.2, -0.15) is 4.68 Å². The fourth-order valence-corrected chi connectivity index (χ4v) is 2.40. The van der Waals surface area contributed by atoms with E-state index in [1.165, 1.54) is 18.2 Å². The molecule has 1 saturated heterocycles. The number of hydrogen-bond acceptors (Lipinski definition) is 6. The van der Waals surface area contributed by atoms with Crippen LogP contribution in [0, 0.1) is 0 Å². The number of carbonyl (C=O) groups is 3. The second-order valence-electron chi connectivity index (χ2n) is 4.81. The monoisotopic (exact) mass is 302 g/mol. The second-order valence-corrected chi connectivity index (χ2v) is 4.81. The van der Waals surface area contributed by atoms with Gasteiger partial charge in [-0.3, -0.25) is 19.7 Å². The van der Waals surface area contributed by atoms with Crippen molar-refractivity contribution in [2.45, 2.75) is 18.9 Å². The Morgan fingerprint density at radius 3 is 2.77 bits per heavy atom. The number of hydrogen-bond donors (Lipinski definition) is 2. The molecular weight excluding hydrogens is 292 g/mol. The number of rotatable bonds is 2. The van der Waals surface area contributed by atoms with Crippen molar-refractivity contribution in [3.63, 3.8) is 0 Å². The topological polar surface area (TPSA) is 131 Å². The van der Waals surface area contributed by atoms with Gasteiger partial charge in [-0.25, -0.2) is 4.79 Å². The highest BCUT2D eigenvalue weighted by Crippen LogP contribution is 2.18. The molecule has 112 valence electrons. The summed E-state index contributed by atoms with van der Waals surface area (Å²) in [7, 11) is 0. The van der Waals surface area contributed by atoms with Gasteiger partial charge in [0, 0.05) is 6.42 Å². The van der Waals surface area contributed by atoms with Crippen LogP contribution in [-0.4, -0.2) is 37.9 Å². The summed E-state index contributed by atoms with van der Waals surface area (Å²) in [5, 5.41) is 18.7. The maximum atomic E-state index is 12.5. The van der Waals surface area contributed by atoms with E-state index in [1.54, 1.807) is 0 Å². The smallest absolute Gasteiger partial charge is 0.336 e. The van der Waals surface area contributed by atoms with E-state index in [9.17, 15) is 24.3 Å². The van der Waals surface area contributed by atoms with Crippen molar-refractivity contribution in [2.75, 3.05) is 0 Å². The van der Waals surface area contributed by atoms with E-state index in [2.05, 4.69) is 15.6 Å². The zero-order valence-corrected chi connectivity index (χ0v) is 11.1. The van der Waals surface area contributed by atoms with Crippen molar-refractivity contribution in [2.24, 2.45) is 0 Å². The third kappa shape index (κ3) is 2.12. The Bertz CT molecular complexity index is 872. The first-order valence-corrected chi connectivity index (χ1v) is 6.44. The second kappa shape index (κ2) is 5.02. The van der Waals surface area contributed by atoms with Crippen molar-refractivity contribution < 1.29 is 19.5 Å².